The second-order valence-corrected chi connectivity index (χ2v) is 3.95. The van der Waals surface area contributed by atoms with Gasteiger partial charge in [-0.25, -0.2) is 4.57 Å². The minimum atomic E-state index is -4.52. The quantitative estimate of drug-likeness (QED) is 0.727. The third-order valence-electron chi connectivity index (χ3n) is 1.40. The summed E-state index contributed by atoms with van der Waals surface area (Å²) in [4.78, 5) is 27.7. The summed E-state index contributed by atoms with van der Waals surface area (Å²) in [6.45, 7) is 5.36. The molecule has 98 valence electrons. The van der Waals surface area contributed by atoms with Crippen LogP contribution in [0.5, 0.6) is 5.75 Å². The highest BCUT2D eigenvalue weighted by Gasteiger charge is 2.15. The fraction of sp³-hybridized carbons (Fsp3) is 0.300. The molecule has 0 fully saturated rings. The molecule has 0 saturated carbocycles. The van der Waals surface area contributed by atoms with Gasteiger partial charge in [-0.05, 0) is 24.3 Å². The maximum atomic E-state index is 10.7. The summed E-state index contributed by atoms with van der Waals surface area (Å²) in [6, 6.07) is 5.66. The van der Waals surface area contributed by atoms with Gasteiger partial charge in [-0.1, -0.05) is 13.8 Å². The van der Waals surface area contributed by atoms with Gasteiger partial charge in [0.15, 0.2) is 0 Å². The van der Waals surface area contributed by atoms with Crippen LogP contribution in [0.3, 0.4) is 0 Å². The molecule has 0 aromatic heterocycles. The number of carbonyl (C=O) groups is 1. The zero-order chi connectivity index (χ0) is 13.5. The molecule has 0 bridgehead atoms. The van der Waals surface area contributed by atoms with Crippen molar-refractivity contribution < 1.29 is 25.1 Å². The van der Waals surface area contributed by atoms with Crippen LogP contribution in [-0.2, 0) is 9.36 Å². The van der Waals surface area contributed by atoms with E-state index < -0.39 is 7.82 Å². The molecule has 0 aliphatic carbocycles. The Labute approximate surface area is 101 Å². The number of phosphoric acid groups is 1. The van der Waals surface area contributed by atoms with Crippen molar-refractivity contribution in [3.63, 3.8) is 0 Å². The molecule has 0 spiro atoms. The summed E-state index contributed by atoms with van der Waals surface area (Å²) in [5.41, 5.74) is 0.528. The molecule has 3 N–H and O–H groups in total. The first-order valence-corrected chi connectivity index (χ1v) is 6.53. The third-order valence-corrected chi connectivity index (χ3v) is 1.85. The van der Waals surface area contributed by atoms with Crippen molar-refractivity contribution in [3.05, 3.63) is 24.3 Å². The molecule has 0 aliphatic heterocycles. The fourth-order valence-corrected chi connectivity index (χ4v) is 1.34. The van der Waals surface area contributed by atoms with Crippen molar-refractivity contribution in [2.24, 2.45) is 0 Å². The van der Waals surface area contributed by atoms with Gasteiger partial charge in [-0.15, -0.1) is 0 Å². The molecule has 6 nitrogen and oxygen atoms in total. The molecule has 1 rings (SSSR count). The predicted molar refractivity (Wildman–Crippen MR) is 66.9 cm³/mol. The minimum absolute atomic E-state index is 0. The second-order valence-electron chi connectivity index (χ2n) is 2.79. The molecular weight excluding hydrogens is 245 g/mol. The molecule has 0 saturated heterocycles. The van der Waals surface area contributed by atoms with Crippen LogP contribution in [0.1, 0.15) is 22.2 Å². The smallest absolute Gasteiger partial charge is 0.404 e. The average Bonchev–Trinajstić information content (AvgIpc) is 2.21. The van der Waals surface area contributed by atoms with E-state index in [1.54, 1.807) is 0 Å². The van der Waals surface area contributed by atoms with Gasteiger partial charge in [-0.2, -0.15) is 0 Å². The van der Waals surface area contributed by atoms with Gasteiger partial charge >= 0.3 is 7.82 Å². The Hall–Kier alpha value is -1.36. The number of rotatable bonds is 3. The SMILES string of the molecule is CC.CC(=O)Nc1ccc(OP(=O)(O)O)cc1.[HH]. The number of hydrogen-bond donors (Lipinski definition) is 3. The van der Waals surface area contributed by atoms with E-state index in [-0.39, 0.29) is 13.1 Å². The Balaban J connectivity index is 0. The standard InChI is InChI=1S/C8H10NO5P.C2H6.H2/c1-6(10)9-7-2-4-8(5-3-7)14-15(11,12)13;1-2;/h2-5H,1H3,(H,9,10)(H2,11,12,13);1-2H3;1H. The van der Waals surface area contributed by atoms with Crippen LogP contribution >= 0.6 is 7.82 Å². The van der Waals surface area contributed by atoms with Crippen molar-refractivity contribution in [1.82, 2.24) is 0 Å². The highest BCUT2D eigenvalue weighted by atomic mass is 31.2. The van der Waals surface area contributed by atoms with Crippen LogP contribution < -0.4 is 9.84 Å². The summed E-state index contributed by atoms with van der Waals surface area (Å²) < 4.78 is 14.8. The van der Waals surface area contributed by atoms with Gasteiger partial charge in [0.2, 0.25) is 5.91 Å². The molecule has 17 heavy (non-hydrogen) atoms. The molecule has 7 heteroatoms. The van der Waals surface area contributed by atoms with E-state index in [9.17, 15) is 9.36 Å². The van der Waals surface area contributed by atoms with E-state index in [4.69, 9.17) is 9.79 Å². The monoisotopic (exact) mass is 263 g/mol. The molecular formula is C10H18NO5P. The Morgan fingerprint density at radius 3 is 2.12 bits per heavy atom. The molecule has 1 amide bonds. The van der Waals surface area contributed by atoms with Crippen molar-refractivity contribution in [3.8, 4) is 5.75 Å². The van der Waals surface area contributed by atoms with Crippen molar-refractivity contribution in [2.45, 2.75) is 20.8 Å². The van der Waals surface area contributed by atoms with Gasteiger partial charge < -0.3 is 9.84 Å². The van der Waals surface area contributed by atoms with Crippen LogP contribution in [0.4, 0.5) is 5.69 Å². The number of nitrogens with one attached hydrogen (secondary N) is 1. The van der Waals surface area contributed by atoms with Crippen LogP contribution in [0.2, 0.25) is 0 Å². The summed E-state index contributed by atoms with van der Waals surface area (Å²) in [6.07, 6.45) is 0. The maximum Gasteiger partial charge on any atom is 0.524 e. The molecule has 0 radical (unpaired) electrons. The number of benzene rings is 1. The summed E-state index contributed by atoms with van der Waals surface area (Å²) in [5.74, 6) is -0.184. The molecule has 1 aromatic rings. The number of phosphoric ester groups is 1. The van der Waals surface area contributed by atoms with Crippen molar-refractivity contribution in [1.29, 1.82) is 0 Å². The average molecular weight is 263 g/mol. The number of amides is 1. The lowest BCUT2D eigenvalue weighted by Crippen LogP contribution is -2.05. The lowest BCUT2D eigenvalue weighted by atomic mass is 10.3. The Kier molecular flexibility index (Phi) is 6.50. The fourth-order valence-electron chi connectivity index (χ4n) is 0.940. The Morgan fingerprint density at radius 1 is 1.29 bits per heavy atom. The van der Waals surface area contributed by atoms with Gasteiger partial charge in [0.25, 0.3) is 0 Å². The lowest BCUT2D eigenvalue weighted by molar-refractivity contribution is -0.114. The summed E-state index contributed by atoms with van der Waals surface area (Å²) >= 11 is 0. The largest absolute Gasteiger partial charge is 0.524 e. The first-order chi connectivity index (χ1) is 7.87. The number of hydrogen-bond acceptors (Lipinski definition) is 3. The first-order valence-electron chi connectivity index (χ1n) is 4.99. The Morgan fingerprint density at radius 2 is 1.76 bits per heavy atom. The predicted octanol–water partition coefficient (Wildman–Crippen LogP) is 2.39. The molecule has 0 atom stereocenters. The molecule has 0 heterocycles. The van der Waals surface area contributed by atoms with Crippen molar-refractivity contribution >= 4 is 19.4 Å². The van der Waals surface area contributed by atoms with E-state index in [0.29, 0.717) is 5.69 Å². The number of carbonyl (C=O) groups excluding carboxylic acids is 1. The van der Waals surface area contributed by atoms with Gasteiger partial charge in [0, 0.05) is 14.0 Å². The maximum absolute atomic E-state index is 10.7. The minimum Gasteiger partial charge on any atom is -0.404 e. The van der Waals surface area contributed by atoms with E-state index in [2.05, 4.69) is 9.84 Å². The topological polar surface area (TPSA) is 95.9 Å². The van der Waals surface area contributed by atoms with E-state index in [1.165, 1.54) is 31.2 Å². The summed E-state index contributed by atoms with van der Waals surface area (Å²) in [5, 5.41) is 2.51. The summed E-state index contributed by atoms with van der Waals surface area (Å²) in [7, 11) is -4.52. The van der Waals surface area contributed by atoms with Crippen molar-refractivity contribution in [2.75, 3.05) is 5.32 Å². The van der Waals surface area contributed by atoms with Crippen LogP contribution in [0, 0.1) is 0 Å². The van der Waals surface area contributed by atoms with Gasteiger partial charge in [0.1, 0.15) is 5.75 Å². The first kappa shape index (κ1) is 15.6. The molecule has 1 aromatic carbocycles. The third kappa shape index (κ3) is 7.52. The lowest BCUT2D eigenvalue weighted by Gasteiger charge is -2.07. The van der Waals surface area contributed by atoms with Crippen LogP contribution in [0.25, 0.3) is 0 Å². The zero-order valence-corrected chi connectivity index (χ0v) is 10.8. The molecule has 0 unspecified atom stereocenters. The van der Waals surface area contributed by atoms with E-state index >= 15 is 0 Å². The van der Waals surface area contributed by atoms with Gasteiger partial charge in [0.05, 0.1) is 0 Å². The highest BCUT2D eigenvalue weighted by Crippen LogP contribution is 2.37. The second kappa shape index (κ2) is 7.06. The van der Waals surface area contributed by atoms with E-state index in [1.807, 2.05) is 13.8 Å². The van der Waals surface area contributed by atoms with Gasteiger partial charge in [-0.3, -0.25) is 14.6 Å². The normalized spacial score (nSPS) is 9.94. The van der Waals surface area contributed by atoms with Crippen LogP contribution in [0.15, 0.2) is 24.3 Å². The molecule has 0 aliphatic rings. The van der Waals surface area contributed by atoms with E-state index in [0.717, 1.165) is 0 Å². The van der Waals surface area contributed by atoms with Crippen LogP contribution in [-0.4, -0.2) is 15.7 Å². The highest BCUT2D eigenvalue weighted by molar-refractivity contribution is 7.46. The Bertz CT molecular complexity index is 403. The number of anilines is 1. The zero-order valence-electron chi connectivity index (χ0n) is 9.88.